The van der Waals surface area contributed by atoms with E-state index in [2.05, 4.69) is 15.7 Å². The average molecular weight is 326 g/mol. The molecule has 126 valence electrons. The van der Waals surface area contributed by atoms with Crippen LogP contribution in [0.3, 0.4) is 0 Å². The molecule has 1 unspecified atom stereocenters. The van der Waals surface area contributed by atoms with Gasteiger partial charge >= 0.3 is 0 Å². The van der Waals surface area contributed by atoms with Crippen molar-refractivity contribution in [2.45, 2.75) is 45.2 Å². The van der Waals surface area contributed by atoms with Crippen LogP contribution in [0.15, 0.2) is 36.7 Å². The van der Waals surface area contributed by atoms with Crippen LogP contribution in [0.1, 0.15) is 42.6 Å². The first-order valence-corrected chi connectivity index (χ1v) is 8.09. The minimum atomic E-state index is -0.461. The molecule has 1 aromatic heterocycles. The van der Waals surface area contributed by atoms with E-state index in [1.54, 1.807) is 17.1 Å². The number of nitrogens with one attached hydrogen (secondary N) is 2. The fraction of sp³-hybridized carbons (Fsp3) is 0.389. The van der Waals surface area contributed by atoms with E-state index >= 15 is 0 Å². The molecule has 2 aromatic rings. The molecule has 1 aliphatic heterocycles. The normalized spacial score (nSPS) is 19.6. The predicted octanol–water partition coefficient (Wildman–Crippen LogP) is 1.97. The minimum Gasteiger partial charge on any atom is -0.349 e. The zero-order chi connectivity index (χ0) is 17.3. The third-order valence-corrected chi connectivity index (χ3v) is 4.51. The molecule has 2 N–H and O–H groups in total. The number of carbonyl (C=O) groups is 2. The topological polar surface area (TPSA) is 76.0 Å². The quantitative estimate of drug-likeness (QED) is 0.905. The summed E-state index contributed by atoms with van der Waals surface area (Å²) in [6.07, 6.45) is 4.36. The molecule has 0 aliphatic carbocycles. The van der Waals surface area contributed by atoms with Crippen molar-refractivity contribution < 1.29 is 9.59 Å². The summed E-state index contributed by atoms with van der Waals surface area (Å²) in [7, 11) is 0. The number of nitrogens with zero attached hydrogens (tertiary/aromatic N) is 2. The average Bonchev–Trinajstić information content (AvgIpc) is 2.99. The smallest absolute Gasteiger partial charge is 0.254 e. The number of para-hydroxylation sites is 1. The van der Waals surface area contributed by atoms with Crippen molar-refractivity contribution in [2.24, 2.45) is 0 Å². The summed E-state index contributed by atoms with van der Waals surface area (Å²) in [6, 6.07) is 7.77. The van der Waals surface area contributed by atoms with Crippen LogP contribution >= 0.6 is 0 Å². The summed E-state index contributed by atoms with van der Waals surface area (Å²) in [4.78, 5) is 24.1. The Hall–Kier alpha value is -2.63. The highest BCUT2D eigenvalue weighted by molar-refractivity contribution is 5.94. The standard InChI is InChI=1S/C18H22N4O2/c1-12-6-4-5-7-14(12)22-11-13(10-19-22)17(24)20-15-8-9-16(23)21-18(15,2)3/h4-7,10-11,15H,8-9H2,1-3H3,(H,20,24)(H,21,23). The Balaban J connectivity index is 1.75. The second kappa shape index (κ2) is 6.11. The molecular weight excluding hydrogens is 304 g/mol. The Labute approximate surface area is 141 Å². The van der Waals surface area contributed by atoms with E-state index in [-0.39, 0.29) is 17.9 Å². The first-order chi connectivity index (χ1) is 11.4. The van der Waals surface area contributed by atoms with Gasteiger partial charge in [0.15, 0.2) is 0 Å². The van der Waals surface area contributed by atoms with E-state index in [9.17, 15) is 9.59 Å². The molecule has 1 atom stereocenters. The van der Waals surface area contributed by atoms with Crippen molar-refractivity contribution in [3.05, 3.63) is 47.8 Å². The third kappa shape index (κ3) is 3.18. The van der Waals surface area contributed by atoms with Crippen molar-refractivity contribution in [3.63, 3.8) is 0 Å². The maximum atomic E-state index is 12.5. The van der Waals surface area contributed by atoms with E-state index in [0.717, 1.165) is 11.3 Å². The zero-order valence-electron chi connectivity index (χ0n) is 14.2. The molecule has 1 aromatic carbocycles. The molecule has 24 heavy (non-hydrogen) atoms. The van der Waals surface area contributed by atoms with Crippen molar-refractivity contribution in [1.29, 1.82) is 0 Å². The van der Waals surface area contributed by atoms with Gasteiger partial charge in [-0.2, -0.15) is 5.10 Å². The Morgan fingerprint density at radius 2 is 2.12 bits per heavy atom. The molecule has 3 rings (SSSR count). The number of hydrogen-bond donors (Lipinski definition) is 2. The van der Waals surface area contributed by atoms with Gasteiger partial charge in [0.05, 0.1) is 29.0 Å². The van der Waals surface area contributed by atoms with Gasteiger partial charge in [0.1, 0.15) is 0 Å². The molecule has 1 saturated heterocycles. The number of rotatable bonds is 3. The first-order valence-electron chi connectivity index (χ1n) is 8.09. The van der Waals surface area contributed by atoms with Crippen LogP contribution in [0.25, 0.3) is 5.69 Å². The fourth-order valence-corrected chi connectivity index (χ4v) is 3.03. The second-order valence-corrected chi connectivity index (χ2v) is 6.79. The molecule has 6 nitrogen and oxygen atoms in total. The van der Waals surface area contributed by atoms with E-state index < -0.39 is 5.54 Å². The maximum Gasteiger partial charge on any atom is 0.254 e. The van der Waals surface area contributed by atoms with Gasteiger partial charge in [-0.25, -0.2) is 4.68 Å². The summed E-state index contributed by atoms with van der Waals surface area (Å²) >= 11 is 0. The third-order valence-electron chi connectivity index (χ3n) is 4.51. The largest absolute Gasteiger partial charge is 0.349 e. The van der Waals surface area contributed by atoms with Gasteiger partial charge in [-0.15, -0.1) is 0 Å². The van der Waals surface area contributed by atoms with Crippen molar-refractivity contribution >= 4 is 11.8 Å². The Kier molecular flexibility index (Phi) is 4.13. The number of carbonyl (C=O) groups excluding carboxylic acids is 2. The molecule has 6 heteroatoms. The molecule has 0 saturated carbocycles. The summed E-state index contributed by atoms with van der Waals surface area (Å²) < 4.78 is 1.71. The lowest BCUT2D eigenvalue weighted by molar-refractivity contribution is -0.125. The summed E-state index contributed by atoms with van der Waals surface area (Å²) in [5.41, 5.74) is 2.08. The van der Waals surface area contributed by atoms with Gasteiger partial charge in [-0.1, -0.05) is 18.2 Å². The lowest BCUT2D eigenvalue weighted by Crippen LogP contribution is -2.62. The number of aromatic nitrogens is 2. The monoisotopic (exact) mass is 326 g/mol. The van der Waals surface area contributed by atoms with Crippen molar-refractivity contribution in [2.75, 3.05) is 0 Å². The highest BCUT2D eigenvalue weighted by atomic mass is 16.2. The molecule has 0 radical (unpaired) electrons. The predicted molar refractivity (Wildman–Crippen MR) is 91.0 cm³/mol. The van der Waals surface area contributed by atoms with E-state index in [0.29, 0.717) is 18.4 Å². The van der Waals surface area contributed by atoms with Gasteiger partial charge < -0.3 is 10.6 Å². The van der Waals surface area contributed by atoms with Crippen LogP contribution in [0.2, 0.25) is 0 Å². The number of hydrogen-bond acceptors (Lipinski definition) is 3. The molecule has 0 bridgehead atoms. The van der Waals surface area contributed by atoms with Crippen molar-refractivity contribution in [1.82, 2.24) is 20.4 Å². The van der Waals surface area contributed by atoms with Crippen LogP contribution in [0.5, 0.6) is 0 Å². The van der Waals surface area contributed by atoms with E-state index in [4.69, 9.17) is 0 Å². The van der Waals surface area contributed by atoms with Crippen LogP contribution < -0.4 is 10.6 Å². The molecule has 2 heterocycles. The molecular formula is C18H22N4O2. The van der Waals surface area contributed by atoms with Gasteiger partial charge in [0, 0.05) is 12.6 Å². The minimum absolute atomic E-state index is 0.0258. The summed E-state index contributed by atoms with van der Waals surface area (Å²) in [5.74, 6) is -0.151. The number of amides is 2. The highest BCUT2D eigenvalue weighted by Crippen LogP contribution is 2.20. The van der Waals surface area contributed by atoms with E-state index in [1.165, 1.54) is 0 Å². The van der Waals surface area contributed by atoms with Gasteiger partial charge in [0.2, 0.25) is 5.91 Å². The zero-order valence-corrected chi connectivity index (χ0v) is 14.2. The van der Waals surface area contributed by atoms with E-state index in [1.807, 2.05) is 45.0 Å². The molecule has 1 fully saturated rings. The summed E-state index contributed by atoms with van der Waals surface area (Å²) in [5, 5.41) is 10.2. The Bertz CT molecular complexity index is 779. The van der Waals surface area contributed by atoms with Gasteiger partial charge in [-0.05, 0) is 38.8 Å². The van der Waals surface area contributed by atoms with Gasteiger partial charge in [-0.3, -0.25) is 9.59 Å². The number of aryl methyl sites for hydroxylation is 1. The number of piperidine rings is 1. The lowest BCUT2D eigenvalue weighted by Gasteiger charge is -2.39. The number of benzene rings is 1. The molecule has 2 amide bonds. The fourth-order valence-electron chi connectivity index (χ4n) is 3.03. The lowest BCUT2D eigenvalue weighted by atomic mass is 9.86. The first kappa shape index (κ1) is 16.2. The van der Waals surface area contributed by atoms with Crippen LogP contribution in [-0.2, 0) is 4.79 Å². The molecule has 0 spiro atoms. The highest BCUT2D eigenvalue weighted by Gasteiger charge is 2.36. The SMILES string of the molecule is Cc1ccccc1-n1cc(C(=O)NC2CCC(=O)NC2(C)C)cn1. The second-order valence-electron chi connectivity index (χ2n) is 6.79. The van der Waals surface area contributed by atoms with Gasteiger partial charge in [0.25, 0.3) is 5.91 Å². The van der Waals surface area contributed by atoms with Crippen LogP contribution in [0, 0.1) is 6.92 Å². The van der Waals surface area contributed by atoms with Crippen molar-refractivity contribution in [3.8, 4) is 5.69 Å². The Morgan fingerprint density at radius 1 is 1.38 bits per heavy atom. The summed E-state index contributed by atoms with van der Waals surface area (Å²) in [6.45, 7) is 5.85. The molecule has 1 aliphatic rings. The van der Waals surface area contributed by atoms with Crippen LogP contribution in [-0.4, -0.2) is 33.2 Å². The van der Waals surface area contributed by atoms with Crippen LogP contribution in [0.4, 0.5) is 0 Å². The maximum absolute atomic E-state index is 12.5. The Morgan fingerprint density at radius 3 is 2.83 bits per heavy atom.